The quantitative estimate of drug-likeness (QED) is 0.589. The van der Waals surface area contributed by atoms with Gasteiger partial charge in [0.15, 0.2) is 0 Å². The number of nitrogens with zero attached hydrogens (tertiary/aromatic N) is 2. The van der Waals surface area contributed by atoms with Crippen molar-refractivity contribution in [2.45, 2.75) is 19.9 Å². The lowest BCUT2D eigenvalue weighted by Gasteiger charge is -2.15. The van der Waals surface area contributed by atoms with E-state index in [4.69, 9.17) is 4.74 Å². The molecule has 5 nitrogen and oxygen atoms in total. The Morgan fingerprint density at radius 2 is 1.77 bits per heavy atom. The van der Waals surface area contributed by atoms with Crippen molar-refractivity contribution in [3.8, 4) is 5.75 Å². The molecular formula is C21H24N4O. The molecule has 0 amide bonds. The number of ether oxygens (including phenoxy) is 1. The number of hydrogen-bond acceptors (Lipinski definition) is 5. The zero-order valence-corrected chi connectivity index (χ0v) is 15.1. The van der Waals surface area contributed by atoms with E-state index in [1.54, 1.807) is 6.20 Å². The maximum atomic E-state index is 5.66. The van der Waals surface area contributed by atoms with E-state index in [2.05, 4.69) is 58.7 Å². The lowest BCUT2D eigenvalue weighted by molar-refractivity contribution is 0.332. The molecule has 1 atom stereocenters. The van der Waals surface area contributed by atoms with Crippen molar-refractivity contribution in [2.24, 2.45) is 0 Å². The lowest BCUT2D eigenvalue weighted by Crippen LogP contribution is -2.14. The van der Waals surface area contributed by atoms with Crippen LogP contribution in [0.5, 0.6) is 5.75 Å². The monoisotopic (exact) mass is 348 g/mol. The number of para-hydroxylation sites is 1. The molecule has 0 fully saturated rings. The van der Waals surface area contributed by atoms with Crippen molar-refractivity contribution in [1.29, 1.82) is 0 Å². The van der Waals surface area contributed by atoms with Gasteiger partial charge in [-0.1, -0.05) is 48.0 Å². The van der Waals surface area contributed by atoms with E-state index in [0.717, 1.165) is 11.6 Å². The average Bonchev–Trinajstić information content (AvgIpc) is 2.67. The molecular weight excluding hydrogens is 324 g/mol. The molecule has 2 aromatic carbocycles. The molecule has 26 heavy (non-hydrogen) atoms. The van der Waals surface area contributed by atoms with Crippen molar-refractivity contribution >= 4 is 11.8 Å². The molecule has 2 N–H and O–H groups in total. The molecule has 3 rings (SSSR count). The van der Waals surface area contributed by atoms with E-state index in [1.165, 1.54) is 11.1 Å². The summed E-state index contributed by atoms with van der Waals surface area (Å²) >= 11 is 0. The van der Waals surface area contributed by atoms with Crippen LogP contribution in [0.1, 0.15) is 24.1 Å². The zero-order valence-electron chi connectivity index (χ0n) is 15.1. The first-order valence-corrected chi connectivity index (χ1v) is 8.78. The van der Waals surface area contributed by atoms with Crippen molar-refractivity contribution in [2.75, 3.05) is 23.8 Å². The Balaban J connectivity index is 1.50. The van der Waals surface area contributed by atoms with Gasteiger partial charge in [-0.05, 0) is 37.6 Å². The molecule has 0 saturated carbocycles. The summed E-state index contributed by atoms with van der Waals surface area (Å²) in [6.45, 7) is 5.38. The molecule has 5 heteroatoms. The predicted molar refractivity (Wildman–Crippen MR) is 106 cm³/mol. The van der Waals surface area contributed by atoms with Crippen LogP contribution in [-0.4, -0.2) is 23.1 Å². The number of hydrogen-bond donors (Lipinski definition) is 2. The second-order valence-corrected chi connectivity index (χ2v) is 6.13. The van der Waals surface area contributed by atoms with Crippen LogP contribution in [0.2, 0.25) is 0 Å². The van der Waals surface area contributed by atoms with Crippen LogP contribution < -0.4 is 15.4 Å². The molecule has 0 aliphatic heterocycles. The first-order chi connectivity index (χ1) is 12.7. The normalized spacial score (nSPS) is 11.6. The van der Waals surface area contributed by atoms with E-state index >= 15 is 0 Å². The second-order valence-electron chi connectivity index (χ2n) is 6.13. The summed E-state index contributed by atoms with van der Waals surface area (Å²) in [5.74, 6) is 2.24. The minimum Gasteiger partial charge on any atom is -0.492 e. The summed E-state index contributed by atoms with van der Waals surface area (Å²) in [6.07, 6.45) is 1.75. The average molecular weight is 348 g/mol. The van der Waals surface area contributed by atoms with Crippen molar-refractivity contribution in [1.82, 2.24) is 9.97 Å². The topological polar surface area (TPSA) is 59.1 Å². The molecule has 0 saturated heterocycles. The molecule has 0 unspecified atom stereocenters. The third-order valence-corrected chi connectivity index (χ3v) is 3.99. The Hall–Kier alpha value is -3.08. The fraction of sp³-hybridized carbons (Fsp3) is 0.238. The van der Waals surface area contributed by atoms with Gasteiger partial charge in [-0.15, -0.1) is 0 Å². The Kier molecular flexibility index (Phi) is 6.04. The Morgan fingerprint density at radius 3 is 2.54 bits per heavy atom. The van der Waals surface area contributed by atoms with Crippen LogP contribution in [0, 0.1) is 6.92 Å². The Labute approximate surface area is 154 Å². The fourth-order valence-corrected chi connectivity index (χ4v) is 2.53. The van der Waals surface area contributed by atoms with Crippen molar-refractivity contribution in [3.05, 3.63) is 78.0 Å². The molecule has 0 aliphatic carbocycles. The first-order valence-electron chi connectivity index (χ1n) is 8.78. The second kappa shape index (κ2) is 8.85. The number of anilines is 2. The van der Waals surface area contributed by atoms with Crippen LogP contribution in [0.15, 0.2) is 66.9 Å². The van der Waals surface area contributed by atoms with Crippen LogP contribution in [-0.2, 0) is 0 Å². The van der Waals surface area contributed by atoms with Gasteiger partial charge in [-0.3, -0.25) is 0 Å². The van der Waals surface area contributed by atoms with E-state index < -0.39 is 0 Å². The highest BCUT2D eigenvalue weighted by Crippen LogP contribution is 2.18. The number of aromatic nitrogens is 2. The smallest absolute Gasteiger partial charge is 0.224 e. The first kappa shape index (κ1) is 17.7. The SMILES string of the molecule is Cc1ccc([C@H](C)Nc2ccnc(NCCOc3ccccc3)n2)cc1. The highest BCUT2D eigenvalue weighted by molar-refractivity contribution is 5.42. The third kappa shape index (κ3) is 5.21. The number of benzene rings is 2. The fourth-order valence-electron chi connectivity index (χ4n) is 2.53. The van der Waals surface area contributed by atoms with Gasteiger partial charge < -0.3 is 15.4 Å². The molecule has 0 spiro atoms. The Bertz CT molecular complexity index is 806. The standard InChI is InChI=1S/C21H24N4O/c1-16-8-10-18(11-9-16)17(2)24-20-12-13-22-21(25-20)23-14-15-26-19-6-4-3-5-7-19/h3-13,17H,14-15H2,1-2H3,(H2,22,23,24,25)/t17-/m0/s1. The maximum Gasteiger partial charge on any atom is 0.224 e. The van der Waals surface area contributed by atoms with Gasteiger partial charge in [0.25, 0.3) is 0 Å². The third-order valence-electron chi connectivity index (χ3n) is 3.99. The lowest BCUT2D eigenvalue weighted by atomic mass is 10.1. The molecule has 3 aromatic rings. The summed E-state index contributed by atoms with van der Waals surface area (Å²) < 4.78 is 5.66. The van der Waals surface area contributed by atoms with Crippen LogP contribution in [0.3, 0.4) is 0 Å². The van der Waals surface area contributed by atoms with Gasteiger partial charge in [0.1, 0.15) is 18.2 Å². The largest absolute Gasteiger partial charge is 0.492 e. The minimum absolute atomic E-state index is 0.166. The van der Waals surface area contributed by atoms with E-state index in [1.807, 2.05) is 36.4 Å². The summed E-state index contributed by atoms with van der Waals surface area (Å²) in [6, 6.07) is 20.3. The highest BCUT2D eigenvalue weighted by atomic mass is 16.5. The molecule has 0 bridgehead atoms. The van der Waals surface area contributed by atoms with Crippen molar-refractivity contribution < 1.29 is 4.74 Å². The Morgan fingerprint density at radius 1 is 1.00 bits per heavy atom. The van der Waals surface area contributed by atoms with E-state index in [9.17, 15) is 0 Å². The van der Waals surface area contributed by atoms with Crippen LogP contribution >= 0.6 is 0 Å². The number of rotatable bonds is 8. The van der Waals surface area contributed by atoms with Gasteiger partial charge in [0.2, 0.25) is 5.95 Å². The van der Waals surface area contributed by atoms with Crippen molar-refractivity contribution in [3.63, 3.8) is 0 Å². The van der Waals surface area contributed by atoms with Gasteiger partial charge in [-0.25, -0.2) is 4.98 Å². The maximum absolute atomic E-state index is 5.66. The number of aryl methyl sites for hydroxylation is 1. The van der Waals surface area contributed by atoms with Crippen LogP contribution in [0.25, 0.3) is 0 Å². The summed E-state index contributed by atoms with van der Waals surface area (Å²) in [5.41, 5.74) is 2.48. The highest BCUT2D eigenvalue weighted by Gasteiger charge is 2.06. The summed E-state index contributed by atoms with van der Waals surface area (Å²) in [7, 11) is 0. The molecule has 1 heterocycles. The molecule has 0 aliphatic rings. The predicted octanol–water partition coefficient (Wildman–Crippen LogP) is 4.45. The summed E-state index contributed by atoms with van der Waals surface area (Å²) in [5, 5.41) is 6.60. The molecule has 1 aromatic heterocycles. The van der Waals surface area contributed by atoms with Gasteiger partial charge >= 0.3 is 0 Å². The van der Waals surface area contributed by atoms with Crippen LogP contribution in [0.4, 0.5) is 11.8 Å². The summed E-state index contributed by atoms with van der Waals surface area (Å²) in [4.78, 5) is 8.77. The molecule has 0 radical (unpaired) electrons. The molecule has 134 valence electrons. The number of nitrogens with one attached hydrogen (secondary N) is 2. The minimum atomic E-state index is 0.166. The van der Waals surface area contributed by atoms with E-state index in [-0.39, 0.29) is 6.04 Å². The zero-order chi connectivity index (χ0) is 18.2. The van der Waals surface area contributed by atoms with E-state index in [0.29, 0.717) is 19.1 Å². The van der Waals surface area contributed by atoms with Gasteiger partial charge in [-0.2, -0.15) is 4.98 Å². The van der Waals surface area contributed by atoms with Gasteiger partial charge in [0, 0.05) is 12.2 Å². The van der Waals surface area contributed by atoms with Gasteiger partial charge in [0.05, 0.1) is 6.54 Å².